The third-order valence-electron chi connectivity index (χ3n) is 2.07. The van der Waals surface area contributed by atoms with E-state index in [0.29, 0.717) is 0 Å². The van der Waals surface area contributed by atoms with Gasteiger partial charge >= 0.3 is 6.18 Å². The molecule has 0 aromatic carbocycles. The normalized spacial score (nSPS) is 12.7. The van der Waals surface area contributed by atoms with Crippen molar-refractivity contribution in [1.82, 2.24) is 9.55 Å². The first kappa shape index (κ1) is 14.6. The molecule has 0 fully saturated rings. The molecule has 0 aliphatic heterocycles. The minimum absolute atomic E-state index is 0.241. The van der Waals surface area contributed by atoms with Gasteiger partial charge in [0.05, 0.1) is 5.75 Å². The molecule has 1 heterocycles. The average Bonchev–Trinajstić information content (AvgIpc) is 2.50. The lowest BCUT2D eigenvalue weighted by Crippen LogP contribution is -2.21. The van der Waals surface area contributed by atoms with Crippen molar-refractivity contribution in [3.63, 3.8) is 0 Å². The van der Waals surface area contributed by atoms with E-state index < -0.39 is 28.6 Å². The van der Waals surface area contributed by atoms with Crippen molar-refractivity contribution in [3.05, 3.63) is 0 Å². The molecular formula is C8H12F3N3O3S. The van der Waals surface area contributed by atoms with Gasteiger partial charge in [-0.05, 0) is 0 Å². The van der Waals surface area contributed by atoms with Gasteiger partial charge in [-0.3, -0.25) is 4.57 Å². The molecule has 1 rings (SSSR count). The van der Waals surface area contributed by atoms with Gasteiger partial charge in [0.15, 0.2) is 27.3 Å². The van der Waals surface area contributed by atoms with Gasteiger partial charge in [0.1, 0.15) is 0 Å². The number of sulfone groups is 1. The number of rotatable bonds is 4. The number of ether oxygens (including phenoxy) is 1. The molecule has 0 unspecified atom stereocenters. The van der Waals surface area contributed by atoms with E-state index in [9.17, 15) is 21.6 Å². The van der Waals surface area contributed by atoms with Gasteiger partial charge in [-0.1, -0.05) is 6.92 Å². The molecule has 10 heteroatoms. The van der Waals surface area contributed by atoms with Crippen LogP contribution < -0.4 is 10.5 Å². The maximum Gasteiger partial charge on any atom is 0.422 e. The largest absolute Gasteiger partial charge is 0.455 e. The molecule has 0 radical (unpaired) electrons. The van der Waals surface area contributed by atoms with E-state index >= 15 is 0 Å². The molecule has 2 N–H and O–H groups in total. The molecule has 1 aromatic rings. The summed E-state index contributed by atoms with van der Waals surface area (Å²) in [4.78, 5) is 3.47. The quantitative estimate of drug-likeness (QED) is 0.882. The molecule has 1 aromatic heterocycles. The fraction of sp³-hybridized carbons (Fsp3) is 0.625. The van der Waals surface area contributed by atoms with Crippen LogP contribution in [-0.2, 0) is 16.9 Å². The molecule has 0 aliphatic rings. The molecule has 0 atom stereocenters. The number of anilines is 1. The Bertz CT molecular complexity index is 536. The molecule has 0 amide bonds. The van der Waals surface area contributed by atoms with Gasteiger partial charge in [-0.25, -0.2) is 8.42 Å². The van der Waals surface area contributed by atoms with Crippen molar-refractivity contribution in [3.8, 4) is 6.01 Å². The van der Waals surface area contributed by atoms with Gasteiger partial charge in [-0.2, -0.15) is 18.2 Å². The number of hydrogen-bond donors (Lipinski definition) is 1. The van der Waals surface area contributed by atoms with E-state index in [1.165, 1.54) is 14.0 Å². The van der Waals surface area contributed by atoms with Crippen LogP contribution in [0.4, 0.5) is 19.0 Å². The Labute approximate surface area is 101 Å². The number of alkyl halides is 3. The van der Waals surface area contributed by atoms with E-state index in [2.05, 4.69) is 9.72 Å². The highest BCUT2D eigenvalue weighted by atomic mass is 32.2. The zero-order valence-electron chi connectivity index (χ0n) is 9.65. The van der Waals surface area contributed by atoms with Crippen molar-refractivity contribution in [1.29, 1.82) is 0 Å². The van der Waals surface area contributed by atoms with Crippen LogP contribution in [0.2, 0.25) is 0 Å². The van der Waals surface area contributed by atoms with Crippen LogP contribution in [-0.4, -0.2) is 36.5 Å². The molecule has 6 nitrogen and oxygen atoms in total. The van der Waals surface area contributed by atoms with Crippen LogP contribution in [0.25, 0.3) is 0 Å². The first-order valence-electron chi connectivity index (χ1n) is 4.83. The van der Waals surface area contributed by atoms with E-state index in [1.807, 2.05) is 0 Å². The van der Waals surface area contributed by atoms with Gasteiger partial charge in [0.2, 0.25) is 0 Å². The predicted octanol–water partition coefficient (Wildman–Crippen LogP) is 0.737. The van der Waals surface area contributed by atoms with Gasteiger partial charge < -0.3 is 10.5 Å². The lowest BCUT2D eigenvalue weighted by atomic mass is 10.7. The summed E-state index contributed by atoms with van der Waals surface area (Å²) >= 11 is 0. The lowest BCUT2D eigenvalue weighted by Gasteiger charge is -2.09. The van der Waals surface area contributed by atoms with E-state index in [-0.39, 0.29) is 16.6 Å². The van der Waals surface area contributed by atoms with E-state index in [4.69, 9.17) is 5.73 Å². The SMILES string of the molecule is CCS(=O)(=O)c1c(N)nc(OCC(F)(F)F)n1C. The number of imidazole rings is 1. The molecule has 0 aliphatic carbocycles. The topological polar surface area (TPSA) is 87.2 Å². The molecule has 0 spiro atoms. The molecule has 0 saturated heterocycles. The number of nitrogens with two attached hydrogens (primary N) is 1. The Balaban J connectivity index is 3.10. The first-order valence-corrected chi connectivity index (χ1v) is 6.48. The summed E-state index contributed by atoms with van der Waals surface area (Å²) in [6.45, 7) is -0.180. The zero-order valence-corrected chi connectivity index (χ0v) is 10.5. The summed E-state index contributed by atoms with van der Waals surface area (Å²) in [6, 6.07) is -0.489. The maximum absolute atomic E-state index is 12.0. The van der Waals surface area contributed by atoms with Crippen molar-refractivity contribution >= 4 is 15.7 Å². The Hall–Kier alpha value is -1.45. The van der Waals surface area contributed by atoms with Gasteiger partial charge in [0.25, 0.3) is 6.01 Å². The average molecular weight is 287 g/mol. The Morgan fingerprint density at radius 3 is 2.44 bits per heavy atom. The second-order valence-electron chi connectivity index (χ2n) is 3.45. The van der Waals surface area contributed by atoms with Crippen molar-refractivity contribution < 1.29 is 26.3 Å². The van der Waals surface area contributed by atoms with Crippen LogP contribution in [0.1, 0.15) is 6.92 Å². The second kappa shape index (κ2) is 4.67. The van der Waals surface area contributed by atoms with Crippen LogP contribution in [0.15, 0.2) is 5.03 Å². The van der Waals surface area contributed by atoms with Crippen molar-refractivity contribution in [2.45, 2.75) is 18.1 Å². The number of halogens is 3. The Morgan fingerprint density at radius 1 is 1.44 bits per heavy atom. The fourth-order valence-corrected chi connectivity index (χ4v) is 2.40. The Kier molecular flexibility index (Phi) is 3.79. The molecule has 0 bridgehead atoms. The monoisotopic (exact) mass is 287 g/mol. The smallest absolute Gasteiger partial charge is 0.422 e. The fourth-order valence-electron chi connectivity index (χ4n) is 1.26. The minimum atomic E-state index is -4.54. The highest BCUT2D eigenvalue weighted by Gasteiger charge is 2.31. The minimum Gasteiger partial charge on any atom is -0.455 e. The van der Waals surface area contributed by atoms with E-state index in [1.54, 1.807) is 0 Å². The second-order valence-corrected chi connectivity index (χ2v) is 5.64. The number of nitrogens with zero attached hydrogens (tertiary/aromatic N) is 2. The highest BCUT2D eigenvalue weighted by Crippen LogP contribution is 2.25. The summed E-state index contributed by atoms with van der Waals surface area (Å²) in [5.74, 6) is -0.619. The number of hydrogen-bond acceptors (Lipinski definition) is 5. The maximum atomic E-state index is 12.0. The van der Waals surface area contributed by atoms with Crippen LogP contribution >= 0.6 is 0 Å². The van der Waals surface area contributed by atoms with Crippen molar-refractivity contribution in [2.24, 2.45) is 7.05 Å². The summed E-state index contributed by atoms with van der Waals surface area (Å²) in [5.41, 5.74) is 5.37. The zero-order chi connectivity index (χ0) is 14.1. The van der Waals surface area contributed by atoms with Gasteiger partial charge in [0, 0.05) is 7.05 Å². The molecule has 0 saturated carbocycles. The van der Waals surface area contributed by atoms with E-state index in [0.717, 1.165) is 4.57 Å². The number of aromatic nitrogens is 2. The predicted molar refractivity (Wildman–Crippen MR) is 56.9 cm³/mol. The summed E-state index contributed by atoms with van der Waals surface area (Å²) in [6.07, 6.45) is -4.54. The lowest BCUT2D eigenvalue weighted by molar-refractivity contribution is -0.155. The summed E-state index contributed by atoms with van der Waals surface area (Å²) in [7, 11) is -2.46. The van der Waals surface area contributed by atoms with Crippen LogP contribution in [0.5, 0.6) is 6.01 Å². The molecule has 104 valence electrons. The standard InChI is InChI=1S/C8H12F3N3O3S/c1-3-18(15,16)6-5(12)13-7(14(6)2)17-4-8(9,10)11/h3-4,12H2,1-2H3. The third kappa shape index (κ3) is 3.06. The highest BCUT2D eigenvalue weighted by molar-refractivity contribution is 7.91. The third-order valence-corrected chi connectivity index (χ3v) is 3.90. The summed E-state index contributed by atoms with van der Waals surface area (Å²) < 4.78 is 64.5. The van der Waals surface area contributed by atoms with Crippen LogP contribution in [0, 0.1) is 0 Å². The number of nitrogen functional groups attached to an aromatic ring is 1. The van der Waals surface area contributed by atoms with Crippen molar-refractivity contribution in [2.75, 3.05) is 18.1 Å². The first-order chi connectivity index (χ1) is 8.08. The Morgan fingerprint density at radius 2 is 2.00 bits per heavy atom. The summed E-state index contributed by atoms with van der Waals surface area (Å²) in [5, 5.41) is -0.345. The molecule has 18 heavy (non-hydrogen) atoms. The molecular weight excluding hydrogens is 275 g/mol. The van der Waals surface area contributed by atoms with Gasteiger partial charge in [-0.15, -0.1) is 0 Å². The van der Waals surface area contributed by atoms with Crippen LogP contribution in [0.3, 0.4) is 0 Å².